The monoisotopic (exact) mass is 410 g/mol. The van der Waals surface area contributed by atoms with Gasteiger partial charge in [-0.05, 0) is 31.2 Å². The molecular weight excluding hydrogens is 393 g/mol. The Kier molecular flexibility index (Phi) is 5.07. The van der Waals surface area contributed by atoms with Gasteiger partial charge < -0.3 is 5.11 Å². The molecule has 140 valence electrons. The molecule has 2 heterocycles. The average molecular weight is 411 g/mol. The number of aromatic nitrogens is 2. The summed E-state index contributed by atoms with van der Waals surface area (Å²) in [5.41, 5.74) is 2.81. The Labute approximate surface area is 172 Å². The fraction of sp³-hybridized carbons (Fsp3) is 0.0909. The molecule has 0 aliphatic rings. The fourth-order valence-electron chi connectivity index (χ4n) is 3.22. The predicted octanol–water partition coefficient (Wildman–Crippen LogP) is 5.57. The highest BCUT2D eigenvalue weighted by Gasteiger charge is 2.27. The number of nitrogens with one attached hydrogen (secondary N) is 2. The number of phenolic OH excluding ortho intramolecular Hbond substituents is 1. The van der Waals surface area contributed by atoms with Crippen molar-refractivity contribution in [3.05, 3.63) is 93.7 Å². The minimum absolute atomic E-state index is 0.116. The van der Waals surface area contributed by atoms with Crippen LogP contribution in [-0.4, -0.2) is 10.1 Å². The smallest absolute Gasteiger partial charge is 0.272 e. The first-order valence-electron chi connectivity index (χ1n) is 8.81. The SMILES string of the molecule is Cc1ccc2ccc([C@@H](Nc3cccc[nH+]3)c3cccc(Cl)c3Cl)c(O)c2n1. The third kappa shape index (κ3) is 3.49. The van der Waals surface area contributed by atoms with E-state index in [9.17, 15) is 5.11 Å². The third-order valence-electron chi connectivity index (χ3n) is 4.62. The standard InChI is InChI=1S/C22H17Cl2N3O/c1-13-8-9-14-10-11-16(22(28)20(14)26-13)21(27-18-7-2-3-12-25-18)15-5-4-6-17(23)19(15)24/h2-12,21,28H,1H3,(H,25,27)/p+1/t21-/m0/s1. The van der Waals surface area contributed by atoms with E-state index in [1.165, 1.54) is 0 Å². The second-order valence-corrected chi connectivity index (χ2v) is 7.31. The minimum Gasteiger partial charge on any atom is -0.505 e. The van der Waals surface area contributed by atoms with Gasteiger partial charge in [0.05, 0.1) is 16.2 Å². The largest absolute Gasteiger partial charge is 0.505 e. The number of phenols is 1. The molecule has 6 heteroatoms. The van der Waals surface area contributed by atoms with Crippen molar-refractivity contribution < 1.29 is 10.1 Å². The summed E-state index contributed by atoms with van der Waals surface area (Å²) in [5, 5.41) is 16.2. The number of benzene rings is 2. The lowest BCUT2D eigenvalue weighted by Gasteiger charge is -2.19. The molecule has 4 aromatic rings. The van der Waals surface area contributed by atoms with Crippen LogP contribution in [0.2, 0.25) is 10.0 Å². The second-order valence-electron chi connectivity index (χ2n) is 6.52. The van der Waals surface area contributed by atoms with Gasteiger partial charge in [-0.25, -0.2) is 9.97 Å². The van der Waals surface area contributed by atoms with Gasteiger partial charge in [0.2, 0.25) is 0 Å². The van der Waals surface area contributed by atoms with E-state index in [0.29, 0.717) is 21.1 Å². The Bertz CT molecular complexity index is 1150. The number of nitrogens with zero attached hydrogens (tertiary/aromatic N) is 1. The van der Waals surface area contributed by atoms with Crippen LogP contribution in [0.3, 0.4) is 0 Å². The predicted molar refractivity (Wildman–Crippen MR) is 113 cm³/mol. The molecule has 0 unspecified atom stereocenters. The van der Waals surface area contributed by atoms with Crippen molar-refractivity contribution in [2.45, 2.75) is 13.0 Å². The van der Waals surface area contributed by atoms with E-state index in [2.05, 4.69) is 15.3 Å². The van der Waals surface area contributed by atoms with Crippen LogP contribution < -0.4 is 10.3 Å². The van der Waals surface area contributed by atoms with Crippen LogP contribution in [0.1, 0.15) is 22.9 Å². The number of hydrogen-bond donors (Lipinski definition) is 2. The molecule has 0 aliphatic heterocycles. The van der Waals surface area contributed by atoms with Crippen molar-refractivity contribution >= 4 is 39.9 Å². The van der Waals surface area contributed by atoms with Gasteiger partial charge in [0.1, 0.15) is 17.3 Å². The maximum atomic E-state index is 11.1. The Balaban J connectivity index is 1.91. The van der Waals surface area contributed by atoms with Gasteiger partial charge in [0.25, 0.3) is 5.82 Å². The lowest BCUT2D eigenvalue weighted by molar-refractivity contribution is -0.361. The summed E-state index contributed by atoms with van der Waals surface area (Å²) in [6.45, 7) is 1.90. The Morgan fingerprint density at radius 1 is 0.964 bits per heavy atom. The molecule has 0 radical (unpaired) electrons. The Hall–Kier alpha value is -2.82. The second kappa shape index (κ2) is 7.66. The summed E-state index contributed by atoms with van der Waals surface area (Å²) in [6, 6.07) is 18.5. The highest BCUT2D eigenvalue weighted by molar-refractivity contribution is 6.42. The number of pyridine rings is 2. The number of hydrogen-bond acceptors (Lipinski definition) is 3. The highest BCUT2D eigenvalue weighted by Crippen LogP contribution is 2.40. The molecule has 0 saturated carbocycles. The molecule has 2 aromatic carbocycles. The Morgan fingerprint density at radius 3 is 2.57 bits per heavy atom. The first-order chi connectivity index (χ1) is 13.5. The zero-order valence-corrected chi connectivity index (χ0v) is 16.6. The number of halogens is 2. The molecule has 0 spiro atoms. The van der Waals surface area contributed by atoms with E-state index in [4.69, 9.17) is 23.2 Å². The molecule has 0 amide bonds. The normalized spacial score (nSPS) is 12.1. The maximum absolute atomic E-state index is 11.1. The van der Waals surface area contributed by atoms with Crippen LogP contribution >= 0.6 is 23.2 Å². The molecule has 4 nitrogen and oxygen atoms in total. The first-order valence-corrected chi connectivity index (χ1v) is 9.56. The van der Waals surface area contributed by atoms with Gasteiger partial charge in [-0.15, -0.1) is 0 Å². The third-order valence-corrected chi connectivity index (χ3v) is 5.45. The van der Waals surface area contributed by atoms with Crippen LogP contribution in [0.25, 0.3) is 10.9 Å². The van der Waals surface area contributed by atoms with Crippen molar-refractivity contribution in [3.63, 3.8) is 0 Å². The van der Waals surface area contributed by atoms with Crippen molar-refractivity contribution in [3.8, 4) is 5.75 Å². The Morgan fingerprint density at radius 2 is 1.79 bits per heavy atom. The van der Waals surface area contributed by atoms with Gasteiger partial charge >= 0.3 is 0 Å². The molecule has 0 saturated heterocycles. The van der Waals surface area contributed by atoms with E-state index in [-0.39, 0.29) is 5.75 Å². The van der Waals surface area contributed by atoms with Gasteiger partial charge in [0.15, 0.2) is 0 Å². The molecule has 2 aromatic heterocycles. The average Bonchev–Trinajstić information content (AvgIpc) is 2.70. The summed E-state index contributed by atoms with van der Waals surface area (Å²) >= 11 is 12.8. The highest BCUT2D eigenvalue weighted by atomic mass is 35.5. The quantitative estimate of drug-likeness (QED) is 0.462. The lowest BCUT2D eigenvalue weighted by Crippen LogP contribution is -2.19. The van der Waals surface area contributed by atoms with Crippen LogP contribution in [0.15, 0.2) is 66.9 Å². The van der Waals surface area contributed by atoms with Gasteiger partial charge in [0, 0.05) is 28.3 Å². The van der Waals surface area contributed by atoms with Crippen molar-refractivity contribution in [1.82, 2.24) is 4.98 Å². The minimum atomic E-state index is -0.434. The first kappa shape index (κ1) is 18.5. The molecule has 3 N–H and O–H groups in total. The van der Waals surface area contributed by atoms with E-state index >= 15 is 0 Å². The van der Waals surface area contributed by atoms with Crippen molar-refractivity contribution in [2.24, 2.45) is 0 Å². The van der Waals surface area contributed by atoms with Crippen LogP contribution in [0.4, 0.5) is 5.82 Å². The van der Waals surface area contributed by atoms with Gasteiger partial charge in [-0.3, -0.25) is 5.32 Å². The molecule has 0 bridgehead atoms. The van der Waals surface area contributed by atoms with Crippen molar-refractivity contribution in [1.29, 1.82) is 0 Å². The van der Waals surface area contributed by atoms with E-state index in [1.54, 1.807) is 6.07 Å². The zero-order valence-electron chi connectivity index (χ0n) is 15.1. The van der Waals surface area contributed by atoms with Crippen LogP contribution in [0.5, 0.6) is 5.75 Å². The number of aromatic hydroxyl groups is 1. The number of aryl methyl sites for hydroxylation is 1. The summed E-state index contributed by atoms with van der Waals surface area (Å²) in [6.07, 6.45) is 1.82. The molecule has 0 fully saturated rings. The molecule has 1 atom stereocenters. The summed E-state index contributed by atoms with van der Waals surface area (Å²) in [5.74, 6) is 0.894. The summed E-state index contributed by atoms with van der Waals surface area (Å²) in [4.78, 5) is 7.67. The topological polar surface area (TPSA) is 59.3 Å². The fourth-order valence-corrected chi connectivity index (χ4v) is 3.64. The summed E-state index contributed by atoms with van der Waals surface area (Å²) < 4.78 is 0. The molecular formula is C22H18Cl2N3O+. The van der Waals surface area contributed by atoms with Gasteiger partial charge in [-0.2, -0.15) is 0 Å². The zero-order chi connectivity index (χ0) is 19.7. The number of aromatic amines is 1. The molecule has 0 aliphatic carbocycles. The summed E-state index contributed by atoms with van der Waals surface area (Å²) in [7, 11) is 0. The van der Waals surface area contributed by atoms with Gasteiger partial charge in [-0.1, -0.05) is 53.5 Å². The number of anilines is 1. The lowest BCUT2D eigenvalue weighted by atomic mass is 9.96. The number of fused-ring (bicyclic) bond motifs is 1. The number of H-pyrrole nitrogens is 1. The molecule has 4 rings (SSSR count). The van der Waals surface area contributed by atoms with E-state index in [1.807, 2.05) is 67.7 Å². The molecule has 28 heavy (non-hydrogen) atoms. The number of rotatable bonds is 4. The maximum Gasteiger partial charge on any atom is 0.272 e. The van der Waals surface area contributed by atoms with Crippen LogP contribution in [0, 0.1) is 6.92 Å². The van der Waals surface area contributed by atoms with Crippen molar-refractivity contribution in [2.75, 3.05) is 5.32 Å². The van der Waals surface area contributed by atoms with E-state index in [0.717, 1.165) is 22.5 Å². The van der Waals surface area contributed by atoms with Crippen LogP contribution in [-0.2, 0) is 0 Å². The van der Waals surface area contributed by atoms with E-state index < -0.39 is 6.04 Å².